The maximum atomic E-state index is 12.7. The number of fused-ring (bicyclic) bond motifs is 2. The SMILES string of the molecule is CCC(C)(C)c1ccc2oc3nc(C)ccc3c(=O)c2c1. The topological polar surface area (TPSA) is 43.1 Å². The van der Waals surface area contributed by atoms with E-state index in [4.69, 9.17) is 4.42 Å². The number of rotatable bonds is 2. The third-order valence-corrected chi connectivity index (χ3v) is 4.34. The van der Waals surface area contributed by atoms with E-state index in [9.17, 15) is 4.79 Å². The second-order valence-corrected chi connectivity index (χ2v) is 6.18. The molecule has 3 aromatic rings. The zero-order valence-corrected chi connectivity index (χ0v) is 12.9. The Morgan fingerprint density at radius 3 is 2.62 bits per heavy atom. The smallest absolute Gasteiger partial charge is 0.230 e. The lowest BCUT2D eigenvalue weighted by Gasteiger charge is -2.23. The molecule has 0 fully saturated rings. The molecule has 0 aliphatic rings. The minimum atomic E-state index is -0.00694. The van der Waals surface area contributed by atoms with Crippen LogP contribution in [0.4, 0.5) is 0 Å². The third-order valence-electron chi connectivity index (χ3n) is 4.34. The molecular formula is C18H19NO2. The van der Waals surface area contributed by atoms with Gasteiger partial charge in [0.15, 0.2) is 0 Å². The van der Waals surface area contributed by atoms with E-state index in [0.717, 1.165) is 17.7 Å². The lowest BCUT2D eigenvalue weighted by Crippen LogP contribution is -2.16. The van der Waals surface area contributed by atoms with Crippen molar-refractivity contribution in [1.82, 2.24) is 4.98 Å². The maximum Gasteiger partial charge on any atom is 0.230 e. The summed E-state index contributed by atoms with van der Waals surface area (Å²) in [5.41, 5.74) is 3.04. The van der Waals surface area contributed by atoms with Gasteiger partial charge in [-0.05, 0) is 48.6 Å². The van der Waals surface area contributed by atoms with Crippen LogP contribution in [0.1, 0.15) is 38.4 Å². The van der Waals surface area contributed by atoms with Gasteiger partial charge in [0.25, 0.3) is 0 Å². The van der Waals surface area contributed by atoms with E-state index >= 15 is 0 Å². The van der Waals surface area contributed by atoms with Crippen molar-refractivity contribution in [2.24, 2.45) is 0 Å². The third kappa shape index (κ3) is 2.23. The summed E-state index contributed by atoms with van der Waals surface area (Å²) in [5, 5.41) is 1.17. The van der Waals surface area contributed by atoms with Crippen molar-refractivity contribution in [3.05, 3.63) is 51.8 Å². The first kappa shape index (κ1) is 13.8. The van der Waals surface area contributed by atoms with Gasteiger partial charge in [0.1, 0.15) is 5.58 Å². The number of aryl methyl sites for hydroxylation is 1. The Hall–Kier alpha value is -2.16. The first-order chi connectivity index (χ1) is 9.92. The maximum absolute atomic E-state index is 12.7. The molecule has 108 valence electrons. The van der Waals surface area contributed by atoms with Crippen LogP contribution in [0.5, 0.6) is 0 Å². The summed E-state index contributed by atoms with van der Waals surface area (Å²) in [5.74, 6) is 0. The van der Waals surface area contributed by atoms with E-state index in [2.05, 4.69) is 25.8 Å². The zero-order valence-electron chi connectivity index (χ0n) is 12.9. The molecule has 0 aliphatic heterocycles. The van der Waals surface area contributed by atoms with Gasteiger partial charge in [-0.1, -0.05) is 26.8 Å². The molecular weight excluding hydrogens is 262 g/mol. The summed E-state index contributed by atoms with van der Waals surface area (Å²) in [6.07, 6.45) is 1.01. The van der Waals surface area contributed by atoms with Crippen molar-refractivity contribution < 1.29 is 4.42 Å². The van der Waals surface area contributed by atoms with E-state index in [1.54, 1.807) is 6.07 Å². The van der Waals surface area contributed by atoms with Crippen LogP contribution < -0.4 is 5.43 Å². The average Bonchev–Trinajstić information content (AvgIpc) is 2.46. The number of hydrogen-bond donors (Lipinski definition) is 0. The van der Waals surface area contributed by atoms with Gasteiger partial charge in [-0.3, -0.25) is 4.79 Å². The standard InChI is InChI=1S/C18H19NO2/c1-5-18(3,4)12-7-9-15-14(10-12)16(20)13-8-6-11(2)19-17(13)21-15/h6-10H,5H2,1-4H3. The second kappa shape index (κ2) is 4.69. The van der Waals surface area contributed by atoms with Crippen molar-refractivity contribution in [2.75, 3.05) is 0 Å². The molecule has 0 amide bonds. The van der Waals surface area contributed by atoms with E-state index in [1.165, 1.54) is 0 Å². The fraction of sp³-hybridized carbons (Fsp3) is 0.333. The van der Waals surface area contributed by atoms with Crippen LogP contribution in [0.15, 0.2) is 39.5 Å². The monoisotopic (exact) mass is 281 g/mol. The van der Waals surface area contributed by atoms with Crippen molar-refractivity contribution in [3.63, 3.8) is 0 Å². The van der Waals surface area contributed by atoms with Crippen LogP contribution in [0.3, 0.4) is 0 Å². The Bertz CT molecular complexity index is 891. The first-order valence-electron chi connectivity index (χ1n) is 7.27. The Balaban J connectivity index is 2.36. The number of benzene rings is 1. The van der Waals surface area contributed by atoms with Crippen LogP contribution in [0.2, 0.25) is 0 Å². The van der Waals surface area contributed by atoms with Crippen LogP contribution in [-0.2, 0) is 5.41 Å². The van der Waals surface area contributed by atoms with Crippen LogP contribution >= 0.6 is 0 Å². The highest BCUT2D eigenvalue weighted by Crippen LogP contribution is 2.29. The molecule has 0 saturated carbocycles. The molecule has 0 bridgehead atoms. The minimum Gasteiger partial charge on any atom is -0.437 e. The lowest BCUT2D eigenvalue weighted by atomic mass is 9.82. The van der Waals surface area contributed by atoms with Gasteiger partial charge in [0.05, 0.1) is 10.8 Å². The molecule has 0 radical (unpaired) electrons. The molecule has 0 saturated heterocycles. The van der Waals surface area contributed by atoms with Gasteiger partial charge in [0.2, 0.25) is 11.1 Å². The molecule has 2 heterocycles. The van der Waals surface area contributed by atoms with Crippen molar-refractivity contribution in [2.45, 2.75) is 39.5 Å². The molecule has 0 unspecified atom stereocenters. The molecule has 0 atom stereocenters. The zero-order chi connectivity index (χ0) is 15.2. The van der Waals surface area contributed by atoms with E-state index in [-0.39, 0.29) is 10.8 Å². The normalized spacial score (nSPS) is 12.2. The molecule has 3 nitrogen and oxygen atoms in total. The van der Waals surface area contributed by atoms with Crippen LogP contribution in [0.25, 0.3) is 22.1 Å². The van der Waals surface area contributed by atoms with Gasteiger partial charge in [0, 0.05) is 5.69 Å². The Morgan fingerprint density at radius 2 is 1.90 bits per heavy atom. The summed E-state index contributed by atoms with van der Waals surface area (Å²) in [6.45, 7) is 8.40. The van der Waals surface area contributed by atoms with E-state index < -0.39 is 0 Å². The summed E-state index contributed by atoms with van der Waals surface area (Å²) < 4.78 is 5.80. The van der Waals surface area contributed by atoms with Gasteiger partial charge < -0.3 is 4.42 Å². The van der Waals surface area contributed by atoms with Crippen molar-refractivity contribution in [3.8, 4) is 0 Å². The highest BCUT2D eigenvalue weighted by Gasteiger charge is 2.19. The largest absolute Gasteiger partial charge is 0.437 e. The van der Waals surface area contributed by atoms with Gasteiger partial charge >= 0.3 is 0 Å². The predicted octanol–water partition coefficient (Wildman–Crippen LogP) is 4.34. The first-order valence-corrected chi connectivity index (χ1v) is 7.27. The fourth-order valence-electron chi connectivity index (χ4n) is 2.45. The molecule has 0 spiro atoms. The van der Waals surface area contributed by atoms with E-state index in [0.29, 0.717) is 22.1 Å². The summed E-state index contributed by atoms with van der Waals surface area (Å²) in [6, 6.07) is 9.51. The molecule has 0 N–H and O–H groups in total. The quantitative estimate of drug-likeness (QED) is 0.656. The van der Waals surface area contributed by atoms with Gasteiger partial charge in [-0.25, -0.2) is 4.98 Å². The number of aromatic nitrogens is 1. The van der Waals surface area contributed by atoms with Crippen molar-refractivity contribution in [1.29, 1.82) is 0 Å². The summed E-state index contributed by atoms with van der Waals surface area (Å²) in [4.78, 5) is 17.0. The molecule has 1 aromatic carbocycles. The van der Waals surface area contributed by atoms with Crippen LogP contribution in [0, 0.1) is 6.92 Å². The lowest BCUT2D eigenvalue weighted by molar-refractivity contribution is 0.506. The molecule has 3 heteroatoms. The van der Waals surface area contributed by atoms with Gasteiger partial charge in [-0.15, -0.1) is 0 Å². The highest BCUT2D eigenvalue weighted by atomic mass is 16.3. The predicted molar refractivity (Wildman–Crippen MR) is 85.8 cm³/mol. The van der Waals surface area contributed by atoms with Crippen molar-refractivity contribution >= 4 is 22.1 Å². The van der Waals surface area contributed by atoms with Crippen LogP contribution in [-0.4, -0.2) is 4.98 Å². The highest BCUT2D eigenvalue weighted by molar-refractivity contribution is 5.88. The molecule has 3 rings (SSSR count). The average molecular weight is 281 g/mol. The van der Waals surface area contributed by atoms with Gasteiger partial charge in [-0.2, -0.15) is 0 Å². The Morgan fingerprint density at radius 1 is 1.14 bits per heavy atom. The van der Waals surface area contributed by atoms with E-state index in [1.807, 2.05) is 31.2 Å². The molecule has 2 aromatic heterocycles. The number of pyridine rings is 1. The molecule has 21 heavy (non-hydrogen) atoms. The minimum absolute atomic E-state index is 0.00694. The Labute approximate surface area is 123 Å². The number of nitrogens with zero attached hydrogens (tertiary/aromatic N) is 1. The number of hydrogen-bond acceptors (Lipinski definition) is 3. The molecule has 0 aliphatic carbocycles. The fourth-order valence-corrected chi connectivity index (χ4v) is 2.45. The second-order valence-electron chi connectivity index (χ2n) is 6.18. The Kier molecular flexibility index (Phi) is 3.08. The summed E-state index contributed by atoms with van der Waals surface area (Å²) in [7, 11) is 0. The summed E-state index contributed by atoms with van der Waals surface area (Å²) >= 11 is 0.